The summed E-state index contributed by atoms with van der Waals surface area (Å²) in [6.07, 6.45) is 3.46. The number of halogens is 1. The number of aromatic nitrogens is 1. The predicted octanol–water partition coefficient (Wildman–Crippen LogP) is 3.07. The lowest BCUT2D eigenvalue weighted by molar-refractivity contribution is 0.0193. The summed E-state index contributed by atoms with van der Waals surface area (Å²) in [4.78, 5) is 22.7. The van der Waals surface area contributed by atoms with Crippen molar-refractivity contribution in [2.24, 2.45) is 4.99 Å². The lowest BCUT2D eigenvalue weighted by Gasteiger charge is -2.35. The molecule has 0 bridgehead atoms. The third-order valence-electron chi connectivity index (χ3n) is 4.18. The molecule has 2 N–H and O–H groups in total. The molecule has 0 aliphatic carbocycles. The fourth-order valence-electron chi connectivity index (χ4n) is 2.85. The molecule has 1 aromatic rings. The van der Waals surface area contributed by atoms with Crippen LogP contribution in [0.5, 0.6) is 0 Å². The smallest absolute Gasteiger partial charge is 0.410 e. The molecular weight excluding hydrogens is 457 g/mol. The molecule has 27 heavy (non-hydrogen) atoms. The van der Waals surface area contributed by atoms with Gasteiger partial charge < -0.3 is 20.3 Å². The molecule has 7 nitrogen and oxygen atoms in total. The Balaban J connectivity index is 0.00000364. The van der Waals surface area contributed by atoms with Gasteiger partial charge >= 0.3 is 6.09 Å². The molecular formula is C19H32IN5O2. The number of nitrogens with one attached hydrogen (secondary N) is 2. The second kappa shape index (κ2) is 10.7. The van der Waals surface area contributed by atoms with Crippen LogP contribution in [0.25, 0.3) is 0 Å². The molecule has 0 aromatic carbocycles. The van der Waals surface area contributed by atoms with Crippen LogP contribution in [0.15, 0.2) is 23.3 Å². The van der Waals surface area contributed by atoms with E-state index in [1.54, 1.807) is 18.1 Å². The van der Waals surface area contributed by atoms with E-state index < -0.39 is 5.60 Å². The first-order valence-corrected chi connectivity index (χ1v) is 9.14. The molecule has 8 heteroatoms. The Bertz CT molecular complexity index is 645. The third kappa shape index (κ3) is 7.90. The Kier molecular flexibility index (Phi) is 9.28. The van der Waals surface area contributed by atoms with Crippen molar-refractivity contribution in [2.75, 3.05) is 20.1 Å². The fourth-order valence-corrected chi connectivity index (χ4v) is 2.85. The quantitative estimate of drug-likeness (QED) is 0.388. The van der Waals surface area contributed by atoms with Crippen LogP contribution in [0, 0.1) is 6.92 Å². The van der Waals surface area contributed by atoms with E-state index in [0.717, 1.165) is 30.6 Å². The Hall–Kier alpha value is -1.58. The van der Waals surface area contributed by atoms with Crippen molar-refractivity contribution in [1.82, 2.24) is 20.5 Å². The molecule has 1 unspecified atom stereocenters. The first kappa shape index (κ1) is 23.5. The lowest BCUT2D eigenvalue weighted by Crippen LogP contribution is -2.53. The van der Waals surface area contributed by atoms with Gasteiger partial charge in [-0.2, -0.15) is 0 Å². The minimum absolute atomic E-state index is 0. The van der Waals surface area contributed by atoms with Crippen molar-refractivity contribution in [1.29, 1.82) is 0 Å². The van der Waals surface area contributed by atoms with Gasteiger partial charge in [0.05, 0.1) is 12.2 Å². The summed E-state index contributed by atoms with van der Waals surface area (Å²) >= 11 is 0. The molecule has 1 aliphatic heterocycles. The fraction of sp³-hybridized carbons (Fsp3) is 0.632. The molecule has 152 valence electrons. The zero-order valence-electron chi connectivity index (χ0n) is 16.9. The van der Waals surface area contributed by atoms with Gasteiger partial charge in [0.25, 0.3) is 0 Å². The van der Waals surface area contributed by atoms with Gasteiger partial charge in [0.1, 0.15) is 5.60 Å². The van der Waals surface area contributed by atoms with Crippen LogP contribution >= 0.6 is 24.0 Å². The minimum Gasteiger partial charge on any atom is -0.444 e. The summed E-state index contributed by atoms with van der Waals surface area (Å²) in [5, 5.41) is 6.70. The monoisotopic (exact) mass is 489 g/mol. The highest BCUT2D eigenvalue weighted by molar-refractivity contribution is 14.0. The van der Waals surface area contributed by atoms with Crippen molar-refractivity contribution in [3.8, 4) is 0 Å². The number of hydrogen-bond acceptors (Lipinski definition) is 4. The highest BCUT2D eigenvalue weighted by atomic mass is 127. The molecule has 1 fully saturated rings. The SMILES string of the molecule is CN=C(NCc1ncccc1C)NC1CCCN(C(=O)OC(C)(C)C)C1.I. The van der Waals surface area contributed by atoms with Crippen LogP contribution in [0.1, 0.15) is 44.9 Å². The number of guanidine groups is 1. The highest BCUT2D eigenvalue weighted by Crippen LogP contribution is 2.15. The van der Waals surface area contributed by atoms with Gasteiger partial charge in [-0.25, -0.2) is 4.79 Å². The van der Waals surface area contributed by atoms with Crippen molar-refractivity contribution in [3.63, 3.8) is 0 Å². The van der Waals surface area contributed by atoms with E-state index in [0.29, 0.717) is 19.0 Å². The van der Waals surface area contributed by atoms with Crippen LogP contribution < -0.4 is 10.6 Å². The molecule has 1 aromatic heterocycles. The molecule has 1 atom stereocenters. The predicted molar refractivity (Wildman–Crippen MR) is 119 cm³/mol. The van der Waals surface area contributed by atoms with Crippen molar-refractivity contribution in [2.45, 2.75) is 58.7 Å². The van der Waals surface area contributed by atoms with Gasteiger partial charge in [-0.3, -0.25) is 9.98 Å². The van der Waals surface area contributed by atoms with Crippen LogP contribution in [0.3, 0.4) is 0 Å². The van der Waals surface area contributed by atoms with Gasteiger partial charge in [-0.05, 0) is 52.2 Å². The van der Waals surface area contributed by atoms with Gasteiger partial charge in [-0.15, -0.1) is 24.0 Å². The topological polar surface area (TPSA) is 78.9 Å². The maximum atomic E-state index is 12.3. The number of hydrogen-bond donors (Lipinski definition) is 2. The summed E-state index contributed by atoms with van der Waals surface area (Å²) in [6, 6.07) is 4.12. The molecule has 1 aliphatic rings. The van der Waals surface area contributed by atoms with Crippen LogP contribution in [0.4, 0.5) is 4.79 Å². The highest BCUT2D eigenvalue weighted by Gasteiger charge is 2.28. The standard InChI is InChI=1S/C19H31N5O2.HI/c1-14-8-6-10-21-16(14)12-22-17(20-5)23-15-9-7-11-24(13-15)18(25)26-19(2,3)4;/h6,8,10,15H,7,9,11-13H2,1-5H3,(H2,20,22,23);1H. The number of pyridine rings is 1. The van der Waals surface area contributed by atoms with Crippen LogP contribution in [-0.2, 0) is 11.3 Å². The third-order valence-corrected chi connectivity index (χ3v) is 4.18. The van der Waals surface area contributed by atoms with Gasteiger partial charge in [0, 0.05) is 32.4 Å². The van der Waals surface area contributed by atoms with Gasteiger partial charge in [0.2, 0.25) is 0 Å². The Morgan fingerprint density at radius 2 is 2.19 bits per heavy atom. The Labute approximate surface area is 179 Å². The lowest BCUT2D eigenvalue weighted by atomic mass is 10.1. The molecule has 1 saturated heterocycles. The Morgan fingerprint density at radius 1 is 1.44 bits per heavy atom. The van der Waals surface area contributed by atoms with Crippen LogP contribution in [-0.4, -0.2) is 53.7 Å². The summed E-state index contributed by atoms with van der Waals surface area (Å²) in [5.41, 5.74) is 1.66. The van der Waals surface area contributed by atoms with Gasteiger partial charge in [0.15, 0.2) is 5.96 Å². The number of aliphatic imine (C=N–C) groups is 1. The van der Waals surface area contributed by atoms with Crippen molar-refractivity contribution >= 4 is 36.0 Å². The number of aryl methyl sites for hydroxylation is 1. The van der Waals surface area contributed by atoms with E-state index in [1.807, 2.05) is 39.8 Å². The number of carbonyl (C=O) groups excluding carboxylic acids is 1. The van der Waals surface area contributed by atoms with Crippen molar-refractivity contribution < 1.29 is 9.53 Å². The largest absolute Gasteiger partial charge is 0.444 e. The summed E-state index contributed by atoms with van der Waals surface area (Å²) in [5.74, 6) is 0.714. The first-order chi connectivity index (χ1) is 12.3. The Morgan fingerprint density at radius 3 is 2.81 bits per heavy atom. The number of nitrogens with zero attached hydrogens (tertiary/aromatic N) is 3. The molecule has 2 heterocycles. The number of amides is 1. The van der Waals surface area contributed by atoms with Crippen LogP contribution in [0.2, 0.25) is 0 Å². The maximum Gasteiger partial charge on any atom is 0.410 e. The molecule has 2 rings (SSSR count). The van der Waals surface area contributed by atoms with E-state index >= 15 is 0 Å². The second-order valence-corrected chi connectivity index (χ2v) is 7.60. The average molecular weight is 489 g/mol. The molecule has 0 saturated carbocycles. The number of carbonyl (C=O) groups is 1. The molecule has 1 amide bonds. The van der Waals surface area contributed by atoms with E-state index in [4.69, 9.17) is 4.74 Å². The maximum absolute atomic E-state index is 12.3. The van der Waals surface area contributed by atoms with E-state index in [2.05, 4.69) is 20.6 Å². The van der Waals surface area contributed by atoms with E-state index in [1.165, 1.54) is 0 Å². The second-order valence-electron chi connectivity index (χ2n) is 7.60. The molecule has 0 radical (unpaired) electrons. The number of likely N-dealkylation sites (tertiary alicyclic amines) is 1. The number of ether oxygens (including phenoxy) is 1. The van der Waals surface area contributed by atoms with Crippen molar-refractivity contribution in [3.05, 3.63) is 29.6 Å². The normalized spacial score (nSPS) is 17.7. The summed E-state index contributed by atoms with van der Waals surface area (Å²) in [6.45, 7) is 9.64. The zero-order chi connectivity index (χ0) is 19.2. The van der Waals surface area contributed by atoms with E-state index in [-0.39, 0.29) is 36.1 Å². The van der Waals surface area contributed by atoms with Gasteiger partial charge in [-0.1, -0.05) is 6.07 Å². The minimum atomic E-state index is -0.477. The molecule has 0 spiro atoms. The summed E-state index contributed by atoms with van der Waals surface area (Å²) in [7, 11) is 1.75. The zero-order valence-corrected chi connectivity index (χ0v) is 19.2. The summed E-state index contributed by atoms with van der Waals surface area (Å²) < 4.78 is 5.48. The first-order valence-electron chi connectivity index (χ1n) is 9.14. The number of rotatable bonds is 3. The average Bonchev–Trinajstić information content (AvgIpc) is 2.58. The number of piperidine rings is 1. The van der Waals surface area contributed by atoms with E-state index in [9.17, 15) is 4.79 Å².